The van der Waals surface area contributed by atoms with Gasteiger partial charge in [-0.05, 0) is 40.3 Å². The molecule has 9 heteroatoms. The van der Waals surface area contributed by atoms with Crippen molar-refractivity contribution in [2.75, 3.05) is 7.11 Å². The third kappa shape index (κ3) is 3.38. The predicted octanol–water partition coefficient (Wildman–Crippen LogP) is 1.48. The van der Waals surface area contributed by atoms with Crippen LogP contribution in [0.1, 0.15) is 5.69 Å². The second-order valence-electron chi connectivity index (χ2n) is 4.88. The largest absolute Gasteiger partial charge is 0.854 e. The van der Waals surface area contributed by atoms with Crippen LogP contribution in [0.3, 0.4) is 0 Å². The molecule has 3 aromatic rings. The van der Waals surface area contributed by atoms with Crippen molar-refractivity contribution in [2.24, 2.45) is 4.99 Å². The minimum absolute atomic E-state index is 0.110. The van der Waals surface area contributed by atoms with E-state index in [0.717, 1.165) is 10.7 Å². The van der Waals surface area contributed by atoms with Gasteiger partial charge in [-0.3, -0.25) is 9.52 Å². The maximum absolute atomic E-state index is 13.2. The first kappa shape index (κ1) is 16.7. The van der Waals surface area contributed by atoms with Crippen molar-refractivity contribution < 1.29 is 23.4 Å². The molecule has 1 aromatic heterocycles. The number of H-pyrrole nitrogens is 1. The van der Waals surface area contributed by atoms with Gasteiger partial charge in [-0.25, -0.2) is 9.18 Å². The lowest BCUT2D eigenvalue weighted by Gasteiger charge is -2.05. The molecule has 0 radical (unpaired) electrons. The van der Waals surface area contributed by atoms with Crippen LogP contribution in [-0.4, -0.2) is 18.3 Å². The van der Waals surface area contributed by atoms with Crippen LogP contribution in [0, 0.1) is 5.82 Å². The summed E-state index contributed by atoms with van der Waals surface area (Å²) < 4.78 is 24.1. The van der Waals surface area contributed by atoms with E-state index in [2.05, 4.69) is 10.3 Å². The quantitative estimate of drug-likeness (QED) is 0.431. The van der Waals surface area contributed by atoms with Crippen LogP contribution in [0.2, 0.25) is 5.02 Å². The minimum atomic E-state index is -0.891. The number of benzene rings is 2. The van der Waals surface area contributed by atoms with Crippen molar-refractivity contribution in [3.8, 4) is 11.4 Å². The number of rotatable bonds is 4. The number of nitrogens with zero attached hydrogens (tertiary/aromatic N) is 2. The molecule has 0 saturated carbocycles. The summed E-state index contributed by atoms with van der Waals surface area (Å²) in [6.07, 6.45) is 0. The fraction of sp³-hybridized carbons (Fsp3) is 0.0625. The number of ether oxygens (including phenoxy) is 1. The number of aromatic nitrogens is 2. The van der Waals surface area contributed by atoms with Crippen molar-refractivity contribution >= 4 is 23.2 Å². The van der Waals surface area contributed by atoms with Crippen molar-refractivity contribution in [2.45, 2.75) is 0 Å². The van der Waals surface area contributed by atoms with Crippen molar-refractivity contribution in [1.29, 1.82) is 0 Å². The smallest absolute Gasteiger partial charge is 0.436 e. The highest BCUT2D eigenvalue weighted by molar-refractivity contribution is 6.31. The highest BCUT2D eigenvalue weighted by Crippen LogP contribution is 2.21. The van der Waals surface area contributed by atoms with Gasteiger partial charge in [0, 0.05) is 12.1 Å². The maximum atomic E-state index is 13.2. The zero-order valence-electron chi connectivity index (χ0n) is 12.8. The van der Waals surface area contributed by atoms with E-state index < -0.39 is 17.3 Å². The first-order valence-electron chi connectivity index (χ1n) is 6.98. The Hall–Kier alpha value is -3.13. The van der Waals surface area contributed by atoms with Gasteiger partial charge >= 0.3 is 11.3 Å². The second kappa shape index (κ2) is 6.78. The van der Waals surface area contributed by atoms with E-state index in [-0.39, 0.29) is 16.4 Å². The van der Waals surface area contributed by atoms with E-state index in [1.165, 1.54) is 19.2 Å². The number of hydrogen-bond donors (Lipinski definition) is 1. The molecule has 0 atom stereocenters. The SMILES string of the molecule is COc1ccc(-[n+]2[nH]oc(=O)c2C([O-])=Nc2ccc(F)c(Cl)c2)cc1. The highest BCUT2D eigenvalue weighted by atomic mass is 35.5. The summed E-state index contributed by atoms with van der Waals surface area (Å²) in [6, 6.07) is 10.1. The Bertz CT molecular complexity index is 995. The Kier molecular flexibility index (Phi) is 4.53. The predicted molar refractivity (Wildman–Crippen MR) is 85.0 cm³/mol. The Morgan fingerprint density at radius 1 is 1.32 bits per heavy atom. The van der Waals surface area contributed by atoms with Gasteiger partial charge in [-0.1, -0.05) is 11.6 Å². The lowest BCUT2D eigenvalue weighted by Crippen LogP contribution is -2.44. The molecule has 25 heavy (non-hydrogen) atoms. The number of halogens is 2. The fourth-order valence-corrected chi connectivity index (χ4v) is 2.27. The normalized spacial score (nSPS) is 11.6. The number of hydrogen-bond acceptors (Lipinski definition) is 5. The molecule has 7 nitrogen and oxygen atoms in total. The summed E-state index contributed by atoms with van der Waals surface area (Å²) in [7, 11) is 1.52. The van der Waals surface area contributed by atoms with Crippen LogP contribution in [-0.2, 0) is 0 Å². The monoisotopic (exact) mass is 363 g/mol. The van der Waals surface area contributed by atoms with Crippen LogP contribution in [0.4, 0.5) is 10.1 Å². The molecule has 0 fully saturated rings. The highest BCUT2D eigenvalue weighted by Gasteiger charge is 2.24. The summed E-state index contributed by atoms with van der Waals surface area (Å²) in [5, 5.41) is 14.5. The first-order chi connectivity index (χ1) is 12.0. The molecule has 0 aliphatic carbocycles. The van der Waals surface area contributed by atoms with Gasteiger partial charge in [-0.15, -0.1) is 0 Å². The first-order valence-corrected chi connectivity index (χ1v) is 7.36. The molecule has 3 rings (SSSR count). The van der Waals surface area contributed by atoms with Crippen molar-refractivity contribution in [3.05, 3.63) is 69.4 Å². The van der Waals surface area contributed by atoms with Crippen LogP contribution >= 0.6 is 11.6 Å². The fourth-order valence-electron chi connectivity index (χ4n) is 2.09. The van der Waals surface area contributed by atoms with Gasteiger partial charge in [0.05, 0.1) is 23.7 Å². The minimum Gasteiger partial charge on any atom is -0.854 e. The Balaban J connectivity index is 2.04. The van der Waals surface area contributed by atoms with E-state index in [1.807, 2.05) is 0 Å². The molecule has 0 saturated heterocycles. The number of aliphatic imine (C=N–C) groups is 1. The van der Waals surface area contributed by atoms with Crippen LogP contribution < -0.4 is 20.2 Å². The summed E-state index contributed by atoms with van der Waals surface area (Å²) >= 11 is 5.66. The molecule has 0 unspecified atom stereocenters. The van der Waals surface area contributed by atoms with E-state index in [4.69, 9.17) is 20.9 Å². The molecule has 1 N–H and O–H groups in total. The zero-order valence-corrected chi connectivity index (χ0v) is 13.6. The summed E-state index contributed by atoms with van der Waals surface area (Å²) in [4.78, 5) is 15.6. The van der Waals surface area contributed by atoms with Gasteiger partial charge in [0.15, 0.2) is 0 Å². The average molecular weight is 364 g/mol. The van der Waals surface area contributed by atoms with Gasteiger partial charge in [-0.2, -0.15) is 0 Å². The molecule has 0 amide bonds. The van der Waals surface area contributed by atoms with E-state index >= 15 is 0 Å². The molecule has 0 spiro atoms. The second-order valence-corrected chi connectivity index (χ2v) is 5.29. The van der Waals surface area contributed by atoms with Gasteiger partial charge in [0.1, 0.15) is 11.6 Å². The third-order valence-corrected chi connectivity index (χ3v) is 3.60. The summed E-state index contributed by atoms with van der Waals surface area (Å²) in [5.41, 5.74) is -0.663. The molecular formula is C16H11ClFN3O4. The maximum Gasteiger partial charge on any atom is 0.436 e. The Labute approximate surface area is 145 Å². The molecule has 1 heterocycles. The van der Waals surface area contributed by atoms with E-state index in [1.54, 1.807) is 24.3 Å². The molecule has 2 aromatic carbocycles. The lowest BCUT2D eigenvalue weighted by molar-refractivity contribution is -0.673. The zero-order chi connectivity index (χ0) is 18.0. The van der Waals surface area contributed by atoms with E-state index in [9.17, 15) is 14.3 Å². The van der Waals surface area contributed by atoms with Crippen LogP contribution in [0.25, 0.3) is 5.69 Å². The number of nitrogens with one attached hydrogen (secondary N) is 1. The number of aromatic amines is 1. The van der Waals surface area contributed by atoms with Crippen molar-refractivity contribution in [1.82, 2.24) is 5.27 Å². The topological polar surface area (TPSA) is 94.5 Å². The van der Waals surface area contributed by atoms with Crippen LogP contribution in [0.15, 0.2) is 56.8 Å². The Morgan fingerprint density at radius 2 is 2.04 bits per heavy atom. The molecule has 0 bridgehead atoms. The molecular weight excluding hydrogens is 353 g/mol. The molecule has 0 aliphatic rings. The summed E-state index contributed by atoms with van der Waals surface area (Å²) in [6.45, 7) is 0. The number of methoxy groups -OCH3 is 1. The van der Waals surface area contributed by atoms with Crippen LogP contribution in [0.5, 0.6) is 5.75 Å². The van der Waals surface area contributed by atoms with Gasteiger partial charge < -0.3 is 9.84 Å². The van der Waals surface area contributed by atoms with Gasteiger partial charge in [0.2, 0.25) is 5.69 Å². The lowest BCUT2D eigenvalue weighted by atomic mass is 10.3. The third-order valence-electron chi connectivity index (χ3n) is 3.31. The van der Waals surface area contributed by atoms with Crippen molar-refractivity contribution in [3.63, 3.8) is 0 Å². The Morgan fingerprint density at radius 3 is 2.68 bits per heavy atom. The average Bonchev–Trinajstić information content (AvgIpc) is 3.00. The molecule has 0 aliphatic heterocycles. The summed E-state index contributed by atoms with van der Waals surface area (Å²) in [5.74, 6) is -0.898. The van der Waals surface area contributed by atoms with Gasteiger partial charge in [0.25, 0.3) is 0 Å². The molecule has 128 valence electrons. The standard InChI is InChI=1S/C16H11ClFN3O4/c1-24-11-5-3-10(4-6-11)21-14(16(23)25-20-21)15(22)19-9-2-7-13(18)12(17)8-9/h2-8H,1H3,(H-,19,20,22,23). The van der Waals surface area contributed by atoms with E-state index in [0.29, 0.717) is 11.4 Å².